The van der Waals surface area contributed by atoms with Crippen LogP contribution in [0.15, 0.2) is 80.8 Å². The molecule has 2 N–H and O–H groups in total. The highest BCUT2D eigenvalue weighted by atomic mass is 19.4. The van der Waals surface area contributed by atoms with Crippen molar-refractivity contribution in [2.45, 2.75) is 12.9 Å². The summed E-state index contributed by atoms with van der Waals surface area (Å²) in [5.74, 6) is -0.417. The highest BCUT2D eigenvalue weighted by molar-refractivity contribution is 5.96. The van der Waals surface area contributed by atoms with Gasteiger partial charge in [-0.05, 0) is 54.6 Å². The molecule has 0 aliphatic rings. The number of ether oxygens (including phenoxy) is 1. The number of carbonyl (C=O) groups is 1. The van der Waals surface area contributed by atoms with Crippen LogP contribution < -0.4 is 15.6 Å². The van der Waals surface area contributed by atoms with Gasteiger partial charge in [-0.3, -0.25) is 4.79 Å². The number of phenols is 1. The molecular formula is C22H15F3N2O5. The van der Waals surface area contributed by atoms with Gasteiger partial charge < -0.3 is 24.0 Å². The third-order valence-corrected chi connectivity index (χ3v) is 4.28. The van der Waals surface area contributed by atoms with Crippen LogP contribution in [0.2, 0.25) is 0 Å². The van der Waals surface area contributed by atoms with Gasteiger partial charge in [0.2, 0.25) is 5.55 Å². The highest BCUT2D eigenvalue weighted by Gasteiger charge is 2.30. The van der Waals surface area contributed by atoms with Crippen molar-refractivity contribution < 1.29 is 36.6 Å². The maximum Gasteiger partial charge on any atom is 0.573 e. The first kappa shape index (κ1) is 21.0. The summed E-state index contributed by atoms with van der Waals surface area (Å²) in [5, 5.41) is 12.9. The van der Waals surface area contributed by atoms with E-state index in [0.29, 0.717) is 11.1 Å². The summed E-state index contributed by atoms with van der Waals surface area (Å²) in [7, 11) is 0. The fourth-order valence-corrected chi connectivity index (χ4v) is 2.87. The SMILES string of the molecule is O=C(NCc1ccco1)c1cc2ccc(O)cc2oc1=Nc1ccc(OC(F)(F)F)cc1. The third kappa shape index (κ3) is 5.09. The number of halogens is 3. The van der Waals surface area contributed by atoms with E-state index in [1.807, 2.05) is 0 Å². The molecule has 0 fully saturated rings. The van der Waals surface area contributed by atoms with E-state index in [1.165, 1.54) is 36.6 Å². The van der Waals surface area contributed by atoms with Crippen LogP contribution in [-0.2, 0) is 6.54 Å². The third-order valence-electron chi connectivity index (χ3n) is 4.28. The maximum absolute atomic E-state index is 12.8. The summed E-state index contributed by atoms with van der Waals surface area (Å²) in [5.41, 5.74) is 0.487. The van der Waals surface area contributed by atoms with Gasteiger partial charge in [-0.2, -0.15) is 0 Å². The largest absolute Gasteiger partial charge is 0.573 e. The zero-order valence-electron chi connectivity index (χ0n) is 16.2. The number of aromatic hydroxyl groups is 1. The Bertz CT molecular complexity index is 1310. The van der Waals surface area contributed by atoms with Gasteiger partial charge in [0.25, 0.3) is 5.91 Å². The molecule has 0 aliphatic heterocycles. The number of carbonyl (C=O) groups excluding carboxylic acids is 1. The van der Waals surface area contributed by atoms with Crippen LogP contribution in [-0.4, -0.2) is 17.4 Å². The Hall–Kier alpha value is -4.21. The van der Waals surface area contributed by atoms with Gasteiger partial charge in [-0.25, -0.2) is 4.99 Å². The molecule has 2 aromatic heterocycles. The minimum Gasteiger partial charge on any atom is -0.508 e. The van der Waals surface area contributed by atoms with Crippen molar-refractivity contribution >= 4 is 22.6 Å². The number of nitrogens with one attached hydrogen (secondary N) is 1. The predicted molar refractivity (Wildman–Crippen MR) is 106 cm³/mol. The standard InChI is InChI=1S/C22H15F3N2O5/c23-22(24,25)32-16-7-4-14(5-8-16)27-21-18(20(29)26-12-17-2-1-9-30-17)10-13-3-6-15(28)11-19(13)31-21/h1-11,28H,12H2,(H,26,29). The second-order valence-corrected chi connectivity index (χ2v) is 6.60. The number of amides is 1. The van der Waals surface area contributed by atoms with Crippen LogP contribution in [0.3, 0.4) is 0 Å². The van der Waals surface area contributed by atoms with E-state index in [9.17, 15) is 23.1 Å². The molecule has 0 saturated heterocycles. The summed E-state index contributed by atoms with van der Waals surface area (Å²) in [6.07, 6.45) is -3.33. The monoisotopic (exact) mass is 444 g/mol. The number of hydrogen-bond acceptors (Lipinski definition) is 6. The van der Waals surface area contributed by atoms with Crippen molar-refractivity contribution in [1.29, 1.82) is 0 Å². The summed E-state index contributed by atoms with van der Waals surface area (Å²) >= 11 is 0. The topological polar surface area (TPSA) is 97.2 Å². The van der Waals surface area contributed by atoms with Gasteiger partial charge in [0.05, 0.1) is 18.5 Å². The van der Waals surface area contributed by atoms with Gasteiger partial charge in [0.15, 0.2) is 0 Å². The molecule has 7 nitrogen and oxygen atoms in total. The summed E-state index contributed by atoms with van der Waals surface area (Å²) < 4.78 is 51.8. The number of nitrogens with zero attached hydrogens (tertiary/aromatic N) is 1. The number of phenolic OH excluding ortho intramolecular Hbond substituents is 1. The Balaban J connectivity index is 1.72. The van der Waals surface area contributed by atoms with E-state index < -0.39 is 18.0 Å². The minimum absolute atomic E-state index is 0.0455. The average molecular weight is 444 g/mol. The molecule has 32 heavy (non-hydrogen) atoms. The van der Waals surface area contributed by atoms with E-state index >= 15 is 0 Å². The first-order chi connectivity index (χ1) is 15.3. The number of fused-ring (bicyclic) bond motifs is 1. The molecule has 4 aromatic rings. The molecule has 2 aromatic carbocycles. The second-order valence-electron chi connectivity index (χ2n) is 6.60. The van der Waals surface area contributed by atoms with Crippen molar-refractivity contribution in [2.24, 2.45) is 4.99 Å². The number of furan rings is 1. The molecule has 0 unspecified atom stereocenters. The Labute approximate surface area is 178 Å². The molecule has 0 aliphatic carbocycles. The lowest BCUT2D eigenvalue weighted by atomic mass is 10.1. The second kappa shape index (κ2) is 8.50. The predicted octanol–water partition coefficient (Wildman–Crippen LogP) is 4.79. The quantitative estimate of drug-likeness (QED) is 0.461. The summed E-state index contributed by atoms with van der Waals surface area (Å²) in [6, 6.07) is 14.1. The van der Waals surface area contributed by atoms with Crippen molar-refractivity contribution in [3.8, 4) is 11.5 Å². The lowest BCUT2D eigenvalue weighted by Gasteiger charge is -2.08. The molecule has 0 atom stereocenters. The highest BCUT2D eigenvalue weighted by Crippen LogP contribution is 2.25. The van der Waals surface area contributed by atoms with Crippen molar-refractivity contribution in [3.05, 3.63) is 83.8 Å². The zero-order chi connectivity index (χ0) is 22.7. The van der Waals surface area contributed by atoms with Gasteiger partial charge in [0, 0.05) is 11.5 Å². The van der Waals surface area contributed by atoms with Crippen LogP contribution >= 0.6 is 0 Å². The van der Waals surface area contributed by atoms with Crippen LogP contribution in [0.5, 0.6) is 11.5 Å². The Morgan fingerprint density at radius 2 is 1.88 bits per heavy atom. The Morgan fingerprint density at radius 3 is 2.56 bits per heavy atom. The fourth-order valence-electron chi connectivity index (χ4n) is 2.87. The van der Waals surface area contributed by atoms with E-state index in [2.05, 4.69) is 15.0 Å². The van der Waals surface area contributed by atoms with Crippen molar-refractivity contribution in [2.75, 3.05) is 0 Å². The van der Waals surface area contributed by atoms with E-state index in [0.717, 1.165) is 12.1 Å². The fraction of sp³-hybridized carbons (Fsp3) is 0.0909. The number of rotatable bonds is 5. The van der Waals surface area contributed by atoms with Gasteiger partial charge in [-0.1, -0.05) is 0 Å². The van der Waals surface area contributed by atoms with Crippen LogP contribution in [0.4, 0.5) is 18.9 Å². The average Bonchev–Trinajstić information content (AvgIpc) is 3.25. The Morgan fingerprint density at radius 1 is 1.09 bits per heavy atom. The number of alkyl halides is 3. The molecule has 0 spiro atoms. The lowest BCUT2D eigenvalue weighted by Crippen LogP contribution is -2.28. The molecule has 1 amide bonds. The summed E-state index contributed by atoms with van der Waals surface area (Å²) in [4.78, 5) is 17.1. The molecule has 164 valence electrons. The van der Waals surface area contributed by atoms with Crippen LogP contribution in [0, 0.1) is 0 Å². The van der Waals surface area contributed by atoms with E-state index in [1.54, 1.807) is 18.2 Å². The molecule has 0 radical (unpaired) electrons. The molecule has 0 saturated carbocycles. The molecular weight excluding hydrogens is 429 g/mol. The van der Waals surface area contributed by atoms with Crippen LogP contribution in [0.25, 0.3) is 11.0 Å². The smallest absolute Gasteiger partial charge is 0.508 e. The maximum atomic E-state index is 12.8. The lowest BCUT2D eigenvalue weighted by molar-refractivity contribution is -0.274. The summed E-state index contributed by atoms with van der Waals surface area (Å²) in [6.45, 7) is 0.127. The first-order valence-corrected chi connectivity index (χ1v) is 9.25. The molecule has 2 heterocycles. The first-order valence-electron chi connectivity index (χ1n) is 9.25. The number of hydrogen-bond donors (Lipinski definition) is 2. The van der Waals surface area contributed by atoms with Gasteiger partial charge in [-0.15, -0.1) is 13.2 Å². The van der Waals surface area contributed by atoms with Crippen molar-refractivity contribution in [1.82, 2.24) is 5.32 Å². The molecule has 0 bridgehead atoms. The normalized spacial score (nSPS) is 12.2. The van der Waals surface area contributed by atoms with Gasteiger partial charge >= 0.3 is 6.36 Å². The van der Waals surface area contributed by atoms with E-state index in [4.69, 9.17) is 8.83 Å². The minimum atomic E-state index is -4.81. The molecule has 10 heteroatoms. The Kier molecular flexibility index (Phi) is 5.59. The zero-order valence-corrected chi connectivity index (χ0v) is 16.2. The van der Waals surface area contributed by atoms with Crippen molar-refractivity contribution in [3.63, 3.8) is 0 Å². The van der Waals surface area contributed by atoms with Crippen LogP contribution in [0.1, 0.15) is 16.1 Å². The molecule has 4 rings (SSSR count). The number of benzene rings is 2. The van der Waals surface area contributed by atoms with Gasteiger partial charge in [0.1, 0.15) is 28.4 Å². The van der Waals surface area contributed by atoms with E-state index in [-0.39, 0.29) is 34.7 Å².